The van der Waals surface area contributed by atoms with Crippen LogP contribution in [-0.4, -0.2) is 12.3 Å². The highest BCUT2D eigenvalue weighted by molar-refractivity contribution is 7.59. The Labute approximate surface area is 231 Å². The maximum Gasteiger partial charge on any atom is 0.00504 e. The molecule has 0 aromatic heterocycles. The van der Waals surface area contributed by atoms with Gasteiger partial charge in [-0.3, -0.25) is 0 Å². The summed E-state index contributed by atoms with van der Waals surface area (Å²) in [5.41, 5.74) is 9.08. The summed E-state index contributed by atoms with van der Waals surface area (Å²) in [7, 11) is -0.275. The minimum Gasteiger partial charge on any atom is -0.0875 e. The van der Waals surface area contributed by atoms with Gasteiger partial charge in [-0.05, 0) is 60.3 Å². The summed E-state index contributed by atoms with van der Waals surface area (Å²) in [5, 5.41) is 0. The summed E-state index contributed by atoms with van der Waals surface area (Å²) in [4.78, 5) is 0. The first-order chi connectivity index (χ1) is 18.9. The van der Waals surface area contributed by atoms with E-state index in [1.54, 1.807) is 22.3 Å². The van der Waals surface area contributed by atoms with Gasteiger partial charge in [-0.15, -0.1) is 0 Å². The van der Waals surface area contributed by atoms with E-state index < -0.39 is 0 Å². The third kappa shape index (κ3) is 5.73. The summed E-state index contributed by atoms with van der Waals surface area (Å²) < 4.78 is 0. The predicted molar refractivity (Wildman–Crippen MR) is 168 cm³/mol. The van der Waals surface area contributed by atoms with Crippen molar-refractivity contribution in [1.29, 1.82) is 0 Å². The molecule has 2 aliphatic heterocycles. The van der Waals surface area contributed by atoms with Gasteiger partial charge in [0.05, 0.1) is 0 Å². The lowest BCUT2D eigenvalue weighted by Crippen LogP contribution is -1.98. The second-order valence-electron chi connectivity index (χ2n) is 10.7. The zero-order chi connectivity index (χ0) is 25.6. The average Bonchev–Trinajstić information content (AvgIpc) is 3.62. The van der Waals surface area contributed by atoms with Gasteiger partial charge in [-0.2, -0.15) is 0 Å². The van der Waals surface area contributed by atoms with E-state index in [2.05, 4.69) is 133 Å². The largest absolute Gasteiger partial charge is 0.0875 e. The standard InChI is InChI=1S/C36H38P2/c1-5-15-29(16-6-1)33-23-24-34(30-17-7-2-8-18-30)37(33)27-13-14-28-38-35(31-19-9-3-10-20-31)25-26-36(38)32-21-11-4-12-22-32/h1-22,33-36H,23-28H2/b14-13-/t33-,34-,35-,36-/m0/s1. The Morgan fingerprint density at radius 1 is 0.395 bits per heavy atom. The fraction of sp³-hybridized carbons (Fsp3) is 0.278. The van der Waals surface area contributed by atoms with Gasteiger partial charge in [0.25, 0.3) is 0 Å². The molecule has 0 amide bonds. The third-order valence-electron chi connectivity index (χ3n) is 8.56. The highest BCUT2D eigenvalue weighted by atomic mass is 31.1. The van der Waals surface area contributed by atoms with Crippen LogP contribution in [0.25, 0.3) is 0 Å². The second kappa shape index (κ2) is 12.6. The van der Waals surface area contributed by atoms with Crippen molar-refractivity contribution in [3.63, 3.8) is 0 Å². The lowest BCUT2D eigenvalue weighted by Gasteiger charge is -2.27. The minimum absolute atomic E-state index is 0.138. The molecule has 4 aromatic rings. The molecule has 0 N–H and O–H groups in total. The number of allylic oxidation sites excluding steroid dienone is 2. The van der Waals surface area contributed by atoms with E-state index in [1.165, 1.54) is 38.0 Å². The van der Waals surface area contributed by atoms with Crippen LogP contribution in [0.5, 0.6) is 0 Å². The third-order valence-corrected chi connectivity index (χ3v) is 15.3. The Bertz CT molecular complexity index is 1090. The van der Waals surface area contributed by atoms with Gasteiger partial charge in [0.1, 0.15) is 0 Å². The first kappa shape index (κ1) is 25.7. The summed E-state index contributed by atoms with van der Waals surface area (Å²) in [6.07, 6.45) is 12.9. The minimum atomic E-state index is -0.138. The van der Waals surface area contributed by atoms with Crippen LogP contribution in [0.3, 0.4) is 0 Å². The van der Waals surface area contributed by atoms with Crippen molar-refractivity contribution in [3.8, 4) is 0 Å². The van der Waals surface area contributed by atoms with Gasteiger partial charge >= 0.3 is 0 Å². The monoisotopic (exact) mass is 532 g/mol. The van der Waals surface area contributed by atoms with Gasteiger partial charge in [0, 0.05) is 22.6 Å². The topological polar surface area (TPSA) is 0 Å². The van der Waals surface area contributed by atoms with Crippen molar-refractivity contribution >= 4 is 15.8 Å². The Hall–Kier alpha value is -2.52. The van der Waals surface area contributed by atoms with Crippen LogP contribution in [0.15, 0.2) is 133 Å². The highest BCUT2D eigenvalue weighted by Crippen LogP contribution is 2.71. The normalized spacial score (nSPS) is 24.3. The molecule has 0 radical (unpaired) electrons. The van der Waals surface area contributed by atoms with E-state index in [0.29, 0.717) is 22.6 Å². The molecule has 0 nitrogen and oxygen atoms in total. The first-order valence-corrected chi connectivity index (χ1v) is 17.6. The van der Waals surface area contributed by atoms with Crippen LogP contribution in [0.2, 0.25) is 0 Å². The van der Waals surface area contributed by atoms with Crippen LogP contribution >= 0.6 is 15.8 Å². The number of hydrogen-bond acceptors (Lipinski definition) is 0. The fourth-order valence-electron chi connectivity index (χ4n) is 6.76. The smallest absolute Gasteiger partial charge is 0.00504 e. The molecular formula is C36H38P2. The molecule has 2 heteroatoms. The van der Waals surface area contributed by atoms with Gasteiger partial charge in [0.2, 0.25) is 0 Å². The Morgan fingerprint density at radius 2 is 0.632 bits per heavy atom. The van der Waals surface area contributed by atoms with Crippen molar-refractivity contribution in [1.82, 2.24) is 0 Å². The van der Waals surface area contributed by atoms with Crippen LogP contribution in [0, 0.1) is 0 Å². The summed E-state index contributed by atoms with van der Waals surface area (Å²) in [5.74, 6) is 0. The van der Waals surface area contributed by atoms with Crippen LogP contribution in [-0.2, 0) is 0 Å². The molecule has 0 aliphatic carbocycles. The zero-order valence-electron chi connectivity index (χ0n) is 22.1. The molecule has 2 aliphatic rings. The molecule has 2 heterocycles. The SMILES string of the molecule is C(=C/CP1[C@H](c2ccccc2)CC[C@H]1c1ccccc1)/CP1[C@H](c2ccccc2)CC[C@H]1c1ccccc1. The van der Waals surface area contributed by atoms with E-state index >= 15 is 0 Å². The molecule has 192 valence electrons. The van der Waals surface area contributed by atoms with E-state index in [9.17, 15) is 0 Å². The number of rotatable bonds is 8. The maximum absolute atomic E-state index is 2.59. The van der Waals surface area contributed by atoms with Crippen molar-refractivity contribution in [3.05, 3.63) is 156 Å². The molecule has 6 rings (SSSR count). The number of hydrogen-bond donors (Lipinski definition) is 0. The van der Waals surface area contributed by atoms with Crippen LogP contribution in [0.1, 0.15) is 70.6 Å². The zero-order valence-corrected chi connectivity index (χ0v) is 23.9. The van der Waals surface area contributed by atoms with Gasteiger partial charge < -0.3 is 0 Å². The maximum atomic E-state index is 2.59. The fourth-order valence-corrected chi connectivity index (χ4v) is 13.6. The molecule has 2 saturated heterocycles. The second-order valence-corrected chi connectivity index (χ2v) is 16.0. The molecule has 0 saturated carbocycles. The van der Waals surface area contributed by atoms with Crippen molar-refractivity contribution < 1.29 is 0 Å². The van der Waals surface area contributed by atoms with E-state index in [-0.39, 0.29) is 15.8 Å². The molecule has 4 aromatic carbocycles. The highest BCUT2D eigenvalue weighted by Gasteiger charge is 2.38. The Morgan fingerprint density at radius 3 is 0.868 bits per heavy atom. The van der Waals surface area contributed by atoms with Crippen molar-refractivity contribution in [2.75, 3.05) is 12.3 Å². The number of benzene rings is 4. The molecule has 0 unspecified atom stereocenters. The summed E-state index contributed by atoms with van der Waals surface area (Å²) >= 11 is 0. The molecule has 0 bridgehead atoms. The summed E-state index contributed by atoms with van der Waals surface area (Å²) in [6.45, 7) is 0. The van der Waals surface area contributed by atoms with E-state index in [4.69, 9.17) is 0 Å². The molecular weight excluding hydrogens is 494 g/mol. The Kier molecular flexibility index (Phi) is 8.51. The van der Waals surface area contributed by atoms with E-state index in [0.717, 1.165) is 0 Å². The quantitative estimate of drug-likeness (QED) is 0.156. The van der Waals surface area contributed by atoms with Gasteiger partial charge in [-0.25, -0.2) is 0 Å². The Balaban J connectivity index is 1.22. The van der Waals surface area contributed by atoms with E-state index in [1.807, 2.05) is 0 Å². The molecule has 2 fully saturated rings. The lowest BCUT2D eigenvalue weighted by molar-refractivity contribution is 0.765. The van der Waals surface area contributed by atoms with Gasteiger partial charge in [-0.1, -0.05) is 149 Å². The van der Waals surface area contributed by atoms with Crippen LogP contribution in [0.4, 0.5) is 0 Å². The molecule has 38 heavy (non-hydrogen) atoms. The average molecular weight is 533 g/mol. The molecule has 0 spiro atoms. The predicted octanol–water partition coefficient (Wildman–Crippen LogP) is 11.1. The molecule has 4 atom stereocenters. The van der Waals surface area contributed by atoms with Crippen molar-refractivity contribution in [2.45, 2.75) is 48.3 Å². The first-order valence-electron chi connectivity index (χ1n) is 14.2. The van der Waals surface area contributed by atoms with Crippen LogP contribution < -0.4 is 0 Å². The van der Waals surface area contributed by atoms with Crippen molar-refractivity contribution in [2.24, 2.45) is 0 Å². The summed E-state index contributed by atoms with van der Waals surface area (Å²) in [6, 6.07) is 45.4. The lowest BCUT2D eigenvalue weighted by atomic mass is 10.0. The van der Waals surface area contributed by atoms with Gasteiger partial charge in [0.15, 0.2) is 0 Å².